The molecule has 2 aromatic rings. The zero-order chi connectivity index (χ0) is 13.8. The molecule has 0 bridgehead atoms. The molecule has 1 aliphatic rings. The van der Waals surface area contributed by atoms with E-state index in [9.17, 15) is 4.79 Å². The molecule has 0 atom stereocenters. The fourth-order valence-electron chi connectivity index (χ4n) is 2.61. The number of hydrogen-bond donors (Lipinski definition) is 1. The molecule has 0 aliphatic carbocycles. The summed E-state index contributed by atoms with van der Waals surface area (Å²) in [6.07, 6.45) is 4.07. The number of benzene rings is 1. The third-order valence-corrected chi connectivity index (χ3v) is 3.68. The van der Waals surface area contributed by atoms with Gasteiger partial charge in [-0.2, -0.15) is 5.10 Å². The molecular weight excluding hydrogens is 252 g/mol. The predicted octanol–water partition coefficient (Wildman–Crippen LogP) is 1.88. The molecule has 1 aromatic heterocycles. The van der Waals surface area contributed by atoms with E-state index in [4.69, 9.17) is 0 Å². The van der Waals surface area contributed by atoms with Crippen molar-refractivity contribution < 1.29 is 0 Å². The predicted molar refractivity (Wildman–Crippen MR) is 79.0 cm³/mol. The first-order chi connectivity index (χ1) is 9.84. The molecule has 0 spiro atoms. The SMILES string of the molecule is O=c1n(CCCNc2ccccc2)nc2n1CCCC2. The summed E-state index contributed by atoms with van der Waals surface area (Å²) in [6.45, 7) is 2.35. The van der Waals surface area contributed by atoms with E-state index in [1.54, 1.807) is 4.68 Å². The van der Waals surface area contributed by atoms with Crippen LogP contribution in [0.3, 0.4) is 0 Å². The highest BCUT2D eigenvalue weighted by Crippen LogP contribution is 2.09. The number of rotatable bonds is 5. The van der Waals surface area contributed by atoms with Crippen LogP contribution in [0.25, 0.3) is 0 Å². The van der Waals surface area contributed by atoms with Gasteiger partial charge >= 0.3 is 5.69 Å². The maximum Gasteiger partial charge on any atom is 0.345 e. The van der Waals surface area contributed by atoms with E-state index in [0.29, 0.717) is 6.54 Å². The van der Waals surface area contributed by atoms with Crippen molar-refractivity contribution in [2.45, 2.75) is 38.8 Å². The Morgan fingerprint density at radius 1 is 1.20 bits per heavy atom. The Kier molecular flexibility index (Phi) is 3.85. The minimum atomic E-state index is 0.0550. The lowest BCUT2D eigenvalue weighted by Gasteiger charge is -2.09. The Balaban J connectivity index is 1.54. The van der Waals surface area contributed by atoms with Gasteiger partial charge in [0.25, 0.3) is 0 Å². The molecule has 1 N–H and O–H groups in total. The lowest BCUT2D eigenvalue weighted by Crippen LogP contribution is -2.27. The number of hydrogen-bond acceptors (Lipinski definition) is 3. The van der Waals surface area contributed by atoms with Gasteiger partial charge in [0, 0.05) is 31.7 Å². The van der Waals surface area contributed by atoms with Gasteiger partial charge in [0.15, 0.2) is 0 Å². The number of nitrogens with zero attached hydrogens (tertiary/aromatic N) is 3. The van der Waals surface area contributed by atoms with Crippen LogP contribution in [0.15, 0.2) is 35.1 Å². The maximum atomic E-state index is 12.1. The molecule has 2 heterocycles. The maximum absolute atomic E-state index is 12.1. The van der Waals surface area contributed by atoms with E-state index < -0.39 is 0 Å². The highest BCUT2D eigenvalue weighted by molar-refractivity contribution is 5.42. The summed E-state index contributed by atoms with van der Waals surface area (Å²) < 4.78 is 3.45. The normalized spacial score (nSPS) is 14.0. The van der Waals surface area contributed by atoms with Crippen molar-refractivity contribution >= 4 is 5.69 Å². The summed E-state index contributed by atoms with van der Waals surface area (Å²) in [5.74, 6) is 0.956. The van der Waals surface area contributed by atoms with Crippen LogP contribution in [0.5, 0.6) is 0 Å². The summed E-state index contributed by atoms with van der Waals surface area (Å²) in [7, 11) is 0. The number of aryl methyl sites for hydroxylation is 2. The van der Waals surface area contributed by atoms with Crippen LogP contribution in [0.4, 0.5) is 5.69 Å². The van der Waals surface area contributed by atoms with Crippen LogP contribution < -0.4 is 11.0 Å². The molecule has 106 valence electrons. The van der Waals surface area contributed by atoms with E-state index in [1.165, 1.54) is 0 Å². The Labute approximate surface area is 118 Å². The van der Waals surface area contributed by atoms with Gasteiger partial charge in [0.05, 0.1) is 0 Å². The number of nitrogens with one attached hydrogen (secondary N) is 1. The average Bonchev–Trinajstić information content (AvgIpc) is 2.82. The van der Waals surface area contributed by atoms with Crippen molar-refractivity contribution in [2.75, 3.05) is 11.9 Å². The molecule has 0 radical (unpaired) electrons. The fraction of sp³-hybridized carbons (Fsp3) is 0.467. The molecule has 0 amide bonds. The van der Waals surface area contributed by atoms with Gasteiger partial charge in [0.2, 0.25) is 0 Å². The Hall–Kier alpha value is -2.04. The third kappa shape index (κ3) is 2.76. The van der Waals surface area contributed by atoms with E-state index in [-0.39, 0.29) is 5.69 Å². The summed E-state index contributed by atoms with van der Waals surface area (Å²) in [4.78, 5) is 12.1. The van der Waals surface area contributed by atoms with E-state index in [0.717, 1.165) is 50.3 Å². The van der Waals surface area contributed by atoms with Gasteiger partial charge in [-0.3, -0.25) is 4.57 Å². The Morgan fingerprint density at radius 2 is 2.05 bits per heavy atom. The lowest BCUT2D eigenvalue weighted by molar-refractivity contribution is 0.510. The first-order valence-electron chi connectivity index (χ1n) is 7.30. The summed E-state index contributed by atoms with van der Waals surface area (Å²) in [5, 5.41) is 7.78. The topological polar surface area (TPSA) is 51.9 Å². The molecule has 20 heavy (non-hydrogen) atoms. The van der Waals surface area contributed by atoms with Crippen molar-refractivity contribution in [3.63, 3.8) is 0 Å². The average molecular weight is 272 g/mol. The van der Waals surface area contributed by atoms with Gasteiger partial charge < -0.3 is 5.32 Å². The lowest BCUT2D eigenvalue weighted by atomic mass is 10.2. The highest BCUT2D eigenvalue weighted by atomic mass is 16.2. The summed E-state index contributed by atoms with van der Waals surface area (Å²) >= 11 is 0. The largest absolute Gasteiger partial charge is 0.385 e. The molecular formula is C15H20N4O. The van der Waals surface area contributed by atoms with Gasteiger partial charge in [-0.15, -0.1) is 0 Å². The molecule has 0 saturated heterocycles. The van der Waals surface area contributed by atoms with E-state index in [2.05, 4.69) is 10.4 Å². The van der Waals surface area contributed by atoms with Crippen LogP contribution in [0, 0.1) is 0 Å². The van der Waals surface area contributed by atoms with Gasteiger partial charge in [-0.25, -0.2) is 9.48 Å². The van der Waals surface area contributed by atoms with Gasteiger partial charge in [-0.05, 0) is 31.4 Å². The third-order valence-electron chi connectivity index (χ3n) is 3.68. The Morgan fingerprint density at radius 3 is 2.85 bits per heavy atom. The smallest absolute Gasteiger partial charge is 0.345 e. The van der Waals surface area contributed by atoms with E-state index >= 15 is 0 Å². The molecule has 1 aromatic carbocycles. The van der Waals surface area contributed by atoms with Crippen molar-refractivity contribution in [3.8, 4) is 0 Å². The molecule has 5 heteroatoms. The molecule has 3 rings (SSSR count). The summed E-state index contributed by atoms with van der Waals surface area (Å²) in [5.41, 5.74) is 1.17. The zero-order valence-corrected chi connectivity index (χ0v) is 11.6. The molecule has 0 saturated carbocycles. The van der Waals surface area contributed by atoms with Crippen molar-refractivity contribution in [1.29, 1.82) is 0 Å². The van der Waals surface area contributed by atoms with Crippen molar-refractivity contribution in [3.05, 3.63) is 46.6 Å². The highest BCUT2D eigenvalue weighted by Gasteiger charge is 2.15. The second-order valence-corrected chi connectivity index (χ2v) is 5.18. The second kappa shape index (κ2) is 5.94. The quantitative estimate of drug-likeness (QED) is 0.846. The zero-order valence-electron chi connectivity index (χ0n) is 11.6. The van der Waals surface area contributed by atoms with Gasteiger partial charge in [-0.1, -0.05) is 18.2 Å². The monoisotopic (exact) mass is 272 g/mol. The molecule has 5 nitrogen and oxygen atoms in total. The number of anilines is 1. The summed E-state index contributed by atoms with van der Waals surface area (Å²) in [6, 6.07) is 10.1. The number of para-hydroxylation sites is 1. The van der Waals surface area contributed by atoms with Gasteiger partial charge in [0.1, 0.15) is 5.82 Å². The van der Waals surface area contributed by atoms with Crippen LogP contribution in [-0.4, -0.2) is 20.9 Å². The fourth-order valence-corrected chi connectivity index (χ4v) is 2.61. The standard InChI is InChI=1S/C15H20N4O/c20-15-18-11-5-4-9-14(18)17-19(15)12-6-10-16-13-7-2-1-3-8-13/h1-3,7-8,16H,4-6,9-12H2. The minimum absolute atomic E-state index is 0.0550. The molecule has 1 aliphatic heterocycles. The van der Waals surface area contributed by atoms with Crippen molar-refractivity contribution in [2.24, 2.45) is 0 Å². The van der Waals surface area contributed by atoms with Crippen molar-refractivity contribution in [1.82, 2.24) is 14.3 Å². The first kappa shape index (κ1) is 13.0. The Bertz CT molecular complexity index is 615. The van der Waals surface area contributed by atoms with Crippen LogP contribution >= 0.6 is 0 Å². The molecule has 0 fully saturated rings. The van der Waals surface area contributed by atoms with Crippen LogP contribution in [-0.2, 0) is 19.5 Å². The number of aromatic nitrogens is 3. The van der Waals surface area contributed by atoms with Crippen LogP contribution in [0.1, 0.15) is 25.1 Å². The number of fused-ring (bicyclic) bond motifs is 1. The van der Waals surface area contributed by atoms with E-state index in [1.807, 2.05) is 34.9 Å². The minimum Gasteiger partial charge on any atom is -0.385 e. The second-order valence-electron chi connectivity index (χ2n) is 5.18. The molecule has 0 unspecified atom stereocenters. The van der Waals surface area contributed by atoms with Crippen LogP contribution in [0.2, 0.25) is 0 Å². The first-order valence-corrected chi connectivity index (χ1v) is 7.30.